The highest BCUT2D eigenvalue weighted by Gasteiger charge is 2.04. The van der Waals surface area contributed by atoms with Crippen LogP contribution in [0.1, 0.15) is 30.2 Å². The van der Waals surface area contributed by atoms with E-state index in [4.69, 9.17) is 0 Å². The van der Waals surface area contributed by atoms with Crippen LogP contribution in [0.25, 0.3) is 0 Å². The molecule has 0 unspecified atom stereocenters. The normalized spacial score (nSPS) is 9.63. The number of aryl methyl sites for hydroxylation is 2. The van der Waals surface area contributed by atoms with E-state index < -0.39 is 0 Å². The van der Waals surface area contributed by atoms with Gasteiger partial charge in [-0.1, -0.05) is 11.8 Å². The molecule has 0 bridgehead atoms. The molecule has 1 heterocycles. The summed E-state index contributed by atoms with van der Waals surface area (Å²) in [7, 11) is 0. The van der Waals surface area contributed by atoms with Crippen molar-refractivity contribution < 1.29 is 9.59 Å². The molecule has 0 aliphatic rings. The summed E-state index contributed by atoms with van der Waals surface area (Å²) in [6.45, 7) is 5.93. The van der Waals surface area contributed by atoms with Crippen molar-refractivity contribution in [1.82, 2.24) is 10.3 Å². The monoisotopic (exact) mass is 302 g/mol. The molecule has 1 rings (SSSR count). The molecule has 4 nitrogen and oxygen atoms in total. The second-order valence-electron chi connectivity index (χ2n) is 4.12. The zero-order valence-electron chi connectivity index (χ0n) is 11.4. The predicted octanol–water partition coefficient (Wildman–Crippen LogP) is 2.41. The molecule has 1 aromatic rings. The van der Waals surface area contributed by atoms with E-state index in [2.05, 4.69) is 10.3 Å². The van der Waals surface area contributed by atoms with Crippen LogP contribution in [0.2, 0.25) is 0 Å². The Balaban J connectivity index is 0.00000324. The zero-order chi connectivity index (χ0) is 13.5. The second kappa shape index (κ2) is 8.93. The molecule has 0 atom stereocenters. The van der Waals surface area contributed by atoms with Crippen LogP contribution in [-0.4, -0.2) is 21.8 Å². The van der Waals surface area contributed by atoms with Crippen LogP contribution in [0.5, 0.6) is 0 Å². The fraction of sp³-hybridized carbons (Fsp3) is 0.462. The number of carbonyl (C=O) groups is 2. The van der Waals surface area contributed by atoms with Crippen LogP contribution >= 0.6 is 24.2 Å². The number of amides is 1. The van der Waals surface area contributed by atoms with Gasteiger partial charge >= 0.3 is 0 Å². The summed E-state index contributed by atoms with van der Waals surface area (Å²) in [5.74, 6) is 0.496. The van der Waals surface area contributed by atoms with E-state index in [1.165, 1.54) is 18.7 Å². The Kier molecular flexibility index (Phi) is 8.43. The fourth-order valence-electron chi connectivity index (χ4n) is 1.48. The molecule has 0 radical (unpaired) electrons. The quantitative estimate of drug-likeness (QED) is 0.907. The van der Waals surface area contributed by atoms with Gasteiger partial charge in [0.05, 0.1) is 0 Å². The van der Waals surface area contributed by atoms with Gasteiger partial charge in [-0.2, -0.15) is 0 Å². The maximum atomic E-state index is 11.5. The highest BCUT2D eigenvalue weighted by molar-refractivity contribution is 8.13. The molecule has 0 fully saturated rings. The van der Waals surface area contributed by atoms with Gasteiger partial charge < -0.3 is 5.32 Å². The van der Waals surface area contributed by atoms with Crippen molar-refractivity contribution in [3.63, 3.8) is 0 Å². The lowest BCUT2D eigenvalue weighted by Crippen LogP contribution is -2.23. The van der Waals surface area contributed by atoms with Crippen molar-refractivity contribution >= 4 is 35.2 Å². The summed E-state index contributed by atoms with van der Waals surface area (Å²) in [4.78, 5) is 26.4. The maximum absolute atomic E-state index is 11.5. The van der Waals surface area contributed by atoms with Crippen molar-refractivity contribution in [2.24, 2.45) is 0 Å². The molecular formula is C13H19ClN2O2S. The first-order chi connectivity index (χ1) is 8.49. The van der Waals surface area contributed by atoms with Crippen molar-refractivity contribution in [3.8, 4) is 0 Å². The Morgan fingerprint density at radius 2 is 2.05 bits per heavy atom. The predicted molar refractivity (Wildman–Crippen MR) is 80.6 cm³/mol. The third kappa shape index (κ3) is 7.18. The molecule has 0 aliphatic heterocycles. The molecule has 1 amide bonds. The van der Waals surface area contributed by atoms with E-state index >= 15 is 0 Å². The number of nitrogens with zero attached hydrogens (tertiary/aromatic N) is 1. The number of halogens is 1. The number of hydrogen-bond donors (Lipinski definition) is 1. The third-order valence-corrected chi connectivity index (χ3v) is 3.28. The smallest absolute Gasteiger partial charge is 0.221 e. The van der Waals surface area contributed by atoms with Crippen molar-refractivity contribution in [1.29, 1.82) is 0 Å². The highest BCUT2D eigenvalue weighted by Crippen LogP contribution is 2.08. The van der Waals surface area contributed by atoms with E-state index in [1.54, 1.807) is 6.20 Å². The summed E-state index contributed by atoms with van der Waals surface area (Å²) >= 11 is 1.17. The van der Waals surface area contributed by atoms with Crippen LogP contribution in [0.3, 0.4) is 0 Å². The zero-order valence-corrected chi connectivity index (χ0v) is 13.0. The average Bonchev–Trinajstić information content (AvgIpc) is 2.27. The minimum atomic E-state index is -0.0382. The number of rotatable bonds is 5. The number of aromatic nitrogens is 1. The van der Waals surface area contributed by atoms with Gasteiger partial charge in [-0.3, -0.25) is 14.6 Å². The Hall–Kier alpha value is -1.07. The molecule has 0 spiro atoms. The molecule has 0 saturated carbocycles. The lowest BCUT2D eigenvalue weighted by molar-refractivity contribution is -0.120. The van der Waals surface area contributed by atoms with Gasteiger partial charge in [-0.05, 0) is 31.0 Å². The third-order valence-electron chi connectivity index (χ3n) is 2.47. The fourth-order valence-corrected chi connectivity index (χ4v) is 2.05. The summed E-state index contributed by atoms with van der Waals surface area (Å²) in [6, 6.07) is 1.99. The lowest BCUT2D eigenvalue weighted by Gasteiger charge is -2.08. The first kappa shape index (κ1) is 17.9. The van der Waals surface area contributed by atoms with Crippen LogP contribution in [-0.2, 0) is 16.1 Å². The summed E-state index contributed by atoms with van der Waals surface area (Å²) in [5, 5.41) is 2.87. The van der Waals surface area contributed by atoms with Crippen molar-refractivity contribution in [3.05, 3.63) is 29.1 Å². The molecule has 1 N–H and O–H groups in total. The topological polar surface area (TPSA) is 59.1 Å². The van der Waals surface area contributed by atoms with Crippen molar-refractivity contribution in [2.45, 2.75) is 33.7 Å². The van der Waals surface area contributed by atoms with Crippen molar-refractivity contribution in [2.75, 3.05) is 5.75 Å². The van der Waals surface area contributed by atoms with Crippen LogP contribution < -0.4 is 5.32 Å². The van der Waals surface area contributed by atoms with Crippen LogP contribution in [0, 0.1) is 13.8 Å². The standard InChI is InChI=1S/C13H18N2O2S.ClH/c1-9-6-10(2)14-7-12(9)8-15-13(17)4-5-18-11(3)16;/h6-7H,4-5,8H2,1-3H3,(H,15,17);1H. The molecule has 1 aromatic heterocycles. The van der Waals surface area contributed by atoms with E-state index in [-0.39, 0.29) is 23.4 Å². The Morgan fingerprint density at radius 3 is 2.63 bits per heavy atom. The van der Waals surface area contributed by atoms with E-state index in [0.29, 0.717) is 18.7 Å². The Morgan fingerprint density at radius 1 is 1.37 bits per heavy atom. The molecule has 0 aromatic carbocycles. The first-order valence-corrected chi connectivity index (χ1v) is 6.80. The summed E-state index contributed by atoms with van der Waals surface area (Å²) in [5.41, 5.74) is 3.12. The highest BCUT2D eigenvalue weighted by atomic mass is 35.5. The number of carbonyl (C=O) groups excluding carboxylic acids is 2. The van der Waals surface area contributed by atoms with Gasteiger partial charge in [-0.15, -0.1) is 12.4 Å². The number of pyridine rings is 1. The van der Waals surface area contributed by atoms with Crippen LogP contribution in [0.4, 0.5) is 0 Å². The van der Waals surface area contributed by atoms with Gasteiger partial charge in [0, 0.05) is 37.5 Å². The number of hydrogen-bond acceptors (Lipinski definition) is 4. The Labute approximate surface area is 124 Å². The second-order valence-corrected chi connectivity index (χ2v) is 5.39. The SMILES string of the molecule is CC(=O)SCCC(=O)NCc1cnc(C)cc1C.Cl. The molecule has 0 aliphatic carbocycles. The first-order valence-electron chi connectivity index (χ1n) is 5.81. The number of nitrogens with one attached hydrogen (secondary N) is 1. The lowest BCUT2D eigenvalue weighted by atomic mass is 10.1. The number of thioether (sulfide) groups is 1. The van der Waals surface area contributed by atoms with Gasteiger partial charge in [-0.25, -0.2) is 0 Å². The summed E-state index contributed by atoms with van der Waals surface area (Å²) in [6.07, 6.45) is 2.15. The molecule has 106 valence electrons. The van der Waals surface area contributed by atoms with Gasteiger partial charge in [0.25, 0.3) is 0 Å². The maximum Gasteiger partial charge on any atom is 0.221 e. The molecular weight excluding hydrogens is 284 g/mol. The van der Waals surface area contributed by atoms with E-state index in [0.717, 1.165) is 16.8 Å². The minimum Gasteiger partial charge on any atom is -0.352 e. The molecule has 6 heteroatoms. The van der Waals surface area contributed by atoms with Crippen LogP contribution in [0.15, 0.2) is 12.3 Å². The molecule has 19 heavy (non-hydrogen) atoms. The van der Waals surface area contributed by atoms with Gasteiger partial charge in [0.1, 0.15) is 0 Å². The minimum absolute atomic E-state index is 0. The van der Waals surface area contributed by atoms with E-state index in [9.17, 15) is 9.59 Å². The average molecular weight is 303 g/mol. The molecule has 0 saturated heterocycles. The van der Waals surface area contributed by atoms with E-state index in [1.807, 2.05) is 19.9 Å². The van der Waals surface area contributed by atoms with Gasteiger partial charge in [0.15, 0.2) is 5.12 Å². The van der Waals surface area contributed by atoms with Gasteiger partial charge in [0.2, 0.25) is 5.91 Å². The summed E-state index contributed by atoms with van der Waals surface area (Å²) < 4.78 is 0. The largest absolute Gasteiger partial charge is 0.352 e. The Bertz CT molecular complexity index is 452.